The van der Waals surface area contributed by atoms with Crippen LogP contribution >= 0.6 is 0 Å². The quantitative estimate of drug-likeness (QED) is 0.472. The third-order valence-electron chi connectivity index (χ3n) is 0.613. The molecule has 0 unspecified atom stereocenters. The molecule has 0 bridgehead atoms. The molecule has 0 aromatic heterocycles. The normalized spacial score (nSPS) is 9.62. The van der Waals surface area contributed by atoms with Gasteiger partial charge in [0.05, 0.1) is 6.61 Å². The molecule has 0 aliphatic heterocycles. The summed E-state index contributed by atoms with van der Waals surface area (Å²) in [7, 11) is 0. The second-order valence-corrected chi connectivity index (χ2v) is 1.14. The zero-order valence-corrected chi connectivity index (χ0v) is 4.39. The zero-order valence-electron chi connectivity index (χ0n) is 4.39. The van der Waals surface area contributed by atoms with Crippen molar-refractivity contribution in [2.75, 3.05) is 6.61 Å². The Morgan fingerprint density at radius 2 is 2.25 bits per heavy atom. The van der Waals surface area contributed by atoms with Gasteiger partial charge in [0, 0.05) is 11.6 Å². The Balaban J connectivity index is 3.98. The molecule has 0 atom stereocenters. The number of hydrogen-bond donors (Lipinski definition) is 1. The number of allylic oxidation sites excluding steroid dienone is 1. The zero-order chi connectivity index (χ0) is 6.41. The van der Waals surface area contributed by atoms with E-state index in [1.54, 1.807) is 0 Å². The fraction of sp³-hybridized carbons (Fsp3) is 0.143. The Labute approximate surface area is 49.0 Å². The van der Waals surface area contributed by atoms with Gasteiger partial charge in [-0.05, 0) is 0 Å². The fourth-order valence-electron chi connectivity index (χ4n) is 0.234. The summed E-state index contributed by atoms with van der Waals surface area (Å²) in [5.74, 6) is 4.43. The minimum atomic E-state index is -0.152. The number of terminal acetylenes is 2. The van der Waals surface area contributed by atoms with Gasteiger partial charge in [0.1, 0.15) is 0 Å². The second-order valence-electron chi connectivity index (χ2n) is 1.14. The van der Waals surface area contributed by atoms with Crippen molar-refractivity contribution in [1.82, 2.24) is 0 Å². The minimum absolute atomic E-state index is 0.152. The van der Waals surface area contributed by atoms with Gasteiger partial charge in [-0.1, -0.05) is 11.8 Å². The Hall–Kier alpha value is -1.18. The summed E-state index contributed by atoms with van der Waals surface area (Å²) in [6.45, 7) is -0.152. The average molecular weight is 106 g/mol. The summed E-state index contributed by atoms with van der Waals surface area (Å²) in [6.07, 6.45) is 11.1. The van der Waals surface area contributed by atoms with E-state index < -0.39 is 0 Å². The molecule has 0 heterocycles. The molecule has 0 aromatic rings. The third-order valence-corrected chi connectivity index (χ3v) is 0.613. The topological polar surface area (TPSA) is 20.2 Å². The highest BCUT2D eigenvalue weighted by molar-refractivity contribution is 5.31. The van der Waals surface area contributed by atoms with Crippen LogP contribution in [0.15, 0.2) is 11.6 Å². The van der Waals surface area contributed by atoms with Crippen LogP contribution < -0.4 is 0 Å². The van der Waals surface area contributed by atoms with E-state index in [2.05, 4.69) is 11.8 Å². The molecule has 0 saturated heterocycles. The van der Waals surface area contributed by atoms with E-state index in [4.69, 9.17) is 18.0 Å². The molecule has 1 heteroatoms. The van der Waals surface area contributed by atoms with E-state index in [0.717, 1.165) is 0 Å². The maximum atomic E-state index is 8.35. The maximum Gasteiger partial charge on any atom is 0.0766 e. The summed E-state index contributed by atoms with van der Waals surface area (Å²) in [4.78, 5) is 0. The molecule has 8 heavy (non-hydrogen) atoms. The second kappa shape index (κ2) is 3.99. The summed E-state index contributed by atoms with van der Waals surface area (Å²) in [5.41, 5.74) is 0.438. The van der Waals surface area contributed by atoms with Crippen molar-refractivity contribution in [3.8, 4) is 24.7 Å². The molecule has 0 radical (unpaired) electrons. The van der Waals surface area contributed by atoms with Crippen molar-refractivity contribution in [2.45, 2.75) is 0 Å². The lowest BCUT2D eigenvalue weighted by molar-refractivity contribution is 0.336. The highest BCUT2D eigenvalue weighted by atomic mass is 16.3. The smallest absolute Gasteiger partial charge is 0.0766 e. The first-order chi connectivity index (χ1) is 3.85. The lowest BCUT2D eigenvalue weighted by Gasteiger charge is -1.84. The van der Waals surface area contributed by atoms with Crippen molar-refractivity contribution < 1.29 is 5.11 Å². The van der Waals surface area contributed by atoms with E-state index in [9.17, 15) is 0 Å². The first kappa shape index (κ1) is 6.82. The molecule has 40 valence electrons. The molecule has 0 spiro atoms. The Kier molecular flexibility index (Phi) is 3.40. The number of rotatable bonds is 1. The van der Waals surface area contributed by atoms with Crippen LogP contribution in [-0.2, 0) is 0 Å². The third kappa shape index (κ3) is 2.08. The summed E-state index contributed by atoms with van der Waals surface area (Å²) < 4.78 is 0. The number of aliphatic hydroxyl groups excluding tert-OH is 1. The van der Waals surface area contributed by atoms with Crippen LogP contribution in [0.2, 0.25) is 0 Å². The summed E-state index contributed by atoms with van der Waals surface area (Å²) in [5, 5.41) is 8.35. The largest absolute Gasteiger partial charge is 0.391 e. The van der Waals surface area contributed by atoms with Gasteiger partial charge >= 0.3 is 0 Å². The van der Waals surface area contributed by atoms with E-state index in [0.29, 0.717) is 5.57 Å². The summed E-state index contributed by atoms with van der Waals surface area (Å²) >= 11 is 0. The molecule has 0 amide bonds. The molecule has 0 aliphatic carbocycles. The fourth-order valence-corrected chi connectivity index (χ4v) is 0.234. The molecular weight excluding hydrogens is 100 g/mol. The lowest BCUT2D eigenvalue weighted by atomic mass is 10.3. The van der Waals surface area contributed by atoms with E-state index in [1.165, 1.54) is 6.08 Å². The lowest BCUT2D eigenvalue weighted by Crippen LogP contribution is -1.83. The predicted molar refractivity (Wildman–Crippen MR) is 32.8 cm³/mol. The van der Waals surface area contributed by atoms with Gasteiger partial charge in [-0.25, -0.2) is 0 Å². The van der Waals surface area contributed by atoms with Crippen LogP contribution in [0.4, 0.5) is 0 Å². The predicted octanol–water partition coefficient (Wildman–Crippen LogP) is 0.171. The van der Waals surface area contributed by atoms with Crippen LogP contribution in [0.25, 0.3) is 0 Å². The van der Waals surface area contributed by atoms with Crippen molar-refractivity contribution in [3.05, 3.63) is 11.6 Å². The Bertz CT molecular complexity index is 164. The van der Waals surface area contributed by atoms with Gasteiger partial charge in [0.25, 0.3) is 0 Å². The van der Waals surface area contributed by atoms with Crippen molar-refractivity contribution in [1.29, 1.82) is 0 Å². The summed E-state index contributed by atoms with van der Waals surface area (Å²) in [6, 6.07) is 0. The van der Waals surface area contributed by atoms with Crippen LogP contribution in [0, 0.1) is 24.7 Å². The molecular formula is C7H6O. The molecule has 1 N–H and O–H groups in total. The average Bonchev–Trinajstić information content (AvgIpc) is 1.83. The van der Waals surface area contributed by atoms with Gasteiger partial charge in [-0.2, -0.15) is 0 Å². The highest BCUT2D eigenvalue weighted by Gasteiger charge is 1.81. The van der Waals surface area contributed by atoms with Crippen molar-refractivity contribution in [2.24, 2.45) is 0 Å². The van der Waals surface area contributed by atoms with E-state index in [-0.39, 0.29) is 6.61 Å². The maximum absolute atomic E-state index is 8.35. The Morgan fingerprint density at radius 1 is 1.62 bits per heavy atom. The van der Waals surface area contributed by atoms with Crippen molar-refractivity contribution >= 4 is 0 Å². The molecule has 0 fully saturated rings. The van der Waals surface area contributed by atoms with Crippen LogP contribution in [0.1, 0.15) is 0 Å². The Morgan fingerprint density at radius 3 is 2.38 bits per heavy atom. The number of hydrogen-bond acceptors (Lipinski definition) is 1. The molecule has 0 rings (SSSR count). The van der Waals surface area contributed by atoms with Gasteiger partial charge < -0.3 is 5.11 Å². The molecule has 0 aromatic carbocycles. The van der Waals surface area contributed by atoms with Crippen LogP contribution in [0.3, 0.4) is 0 Å². The monoisotopic (exact) mass is 106 g/mol. The van der Waals surface area contributed by atoms with Gasteiger partial charge in [0.2, 0.25) is 0 Å². The SMILES string of the molecule is C#C/C=C(\C#C)CO. The molecule has 0 aliphatic rings. The van der Waals surface area contributed by atoms with Gasteiger partial charge in [-0.15, -0.1) is 12.8 Å². The van der Waals surface area contributed by atoms with Crippen LogP contribution in [0.5, 0.6) is 0 Å². The first-order valence-electron chi connectivity index (χ1n) is 2.07. The number of aliphatic hydroxyl groups is 1. The first-order valence-corrected chi connectivity index (χ1v) is 2.07. The molecule has 1 nitrogen and oxygen atoms in total. The van der Waals surface area contributed by atoms with E-state index >= 15 is 0 Å². The van der Waals surface area contributed by atoms with Gasteiger partial charge in [-0.3, -0.25) is 0 Å². The van der Waals surface area contributed by atoms with E-state index in [1.807, 2.05) is 0 Å². The molecule has 0 saturated carbocycles. The van der Waals surface area contributed by atoms with Gasteiger partial charge in [0.15, 0.2) is 0 Å². The van der Waals surface area contributed by atoms with Crippen LogP contribution in [-0.4, -0.2) is 11.7 Å². The standard InChI is InChI=1S/C7H6O/c1-3-5-7(4-2)6-8/h1-2,5,8H,6H2/b7-5+. The minimum Gasteiger partial charge on any atom is -0.391 e. The highest BCUT2D eigenvalue weighted by Crippen LogP contribution is 1.85. The van der Waals surface area contributed by atoms with Crippen molar-refractivity contribution in [3.63, 3.8) is 0 Å².